The fourth-order valence-corrected chi connectivity index (χ4v) is 1.24. The molecule has 0 aliphatic heterocycles. The monoisotopic (exact) mass is 180 g/mol. The number of hydrogen-bond donors (Lipinski definition) is 1. The second kappa shape index (κ2) is 4.28. The quantitative estimate of drug-likeness (QED) is 0.773. The molecule has 0 saturated carbocycles. The minimum atomic E-state index is 0.0364. The summed E-state index contributed by atoms with van der Waals surface area (Å²) in [6.45, 7) is 5.96. The number of rotatable bonds is 3. The Balaban J connectivity index is 2.98. The van der Waals surface area contributed by atoms with E-state index in [0.29, 0.717) is 0 Å². The van der Waals surface area contributed by atoms with Gasteiger partial charge in [-0.3, -0.25) is 0 Å². The lowest BCUT2D eigenvalue weighted by molar-refractivity contribution is 0.225. The lowest BCUT2D eigenvalue weighted by atomic mass is 10.1. The lowest BCUT2D eigenvalue weighted by Gasteiger charge is -2.14. The van der Waals surface area contributed by atoms with Crippen LogP contribution in [0.3, 0.4) is 0 Å². The molecule has 0 bridgehead atoms. The van der Waals surface area contributed by atoms with Crippen LogP contribution in [0, 0.1) is 6.92 Å². The maximum absolute atomic E-state index is 9.13. The van der Waals surface area contributed by atoms with Gasteiger partial charge in [0.15, 0.2) is 0 Å². The Bertz CT molecular complexity index is 279. The molecule has 0 saturated heterocycles. The maximum Gasteiger partial charge on any atom is 0.125 e. The maximum atomic E-state index is 9.13. The van der Waals surface area contributed by atoms with Crippen LogP contribution in [0.1, 0.15) is 25.0 Å². The zero-order valence-electron chi connectivity index (χ0n) is 8.37. The molecule has 0 heterocycles. The van der Waals surface area contributed by atoms with E-state index in [9.17, 15) is 0 Å². The van der Waals surface area contributed by atoms with E-state index in [1.807, 2.05) is 39.0 Å². The van der Waals surface area contributed by atoms with Crippen LogP contribution in [0.15, 0.2) is 18.2 Å². The van der Waals surface area contributed by atoms with Gasteiger partial charge in [-0.25, -0.2) is 0 Å². The van der Waals surface area contributed by atoms with Crippen molar-refractivity contribution in [2.24, 2.45) is 0 Å². The van der Waals surface area contributed by atoms with Crippen LogP contribution in [-0.4, -0.2) is 11.2 Å². The molecule has 2 heteroatoms. The zero-order valence-corrected chi connectivity index (χ0v) is 8.37. The Hall–Kier alpha value is -1.02. The molecule has 2 nitrogen and oxygen atoms in total. The number of ether oxygens (including phenoxy) is 1. The molecule has 0 fully saturated rings. The SMILES string of the molecule is Cc1cccc(OC(C)C)c1CO. The molecule has 72 valence electrons. The molecule has 0 atom stereocenters. The molecule has 0 aliphatic rings. The summed E-state index contributed by atoms with van der Waals surface area (Å²) in [4.78, 5) is 0. The molecule has 1 N–H and O–H groups in total. The van der Waals surface area contributed by atoms with Crippen molar-refractivity contribution in [2.45, 2.75) is 33.5 Å². The van der Waals surface area contributed by atoms with Crippen molar-refractivity contribution < 1.29 is 9.84 Å². The van der Waals surface area contributed by atoms with E-state index in [2.05, 4.69) is 0 Å². The third-order valence-electron chi connectivity index (χ3n) is 1.89. The molecule has 1 rings (SSSR count). The van der Waals surface area contributed by atoms with E-state index in [4.69, 9.17) is 9.84 Å². The highest BCUT2D eigenvalue weighted by molar-refractivity contribution is 5.39. The van der Waals surface area contributed by atoms with Crippen molar-refractivity contribution in [3.63, 3.8) is 0 Å². The van der Waals surface area contributed by atoms with Crippen LogP contribution in [0.2, 0.25) is 0 Å². The summed E-state index contributed by atoms with van der Waals surface area (Å²) in [5.74, 6) is 0.789. The Morgan fingerprint density at radius 1 is 1.38 bits per heavy atom. The van der Waals surface area contributed by atoms with Gasteiger partial charge in [0, 0.05) is 5.56 Å². The van der Waals surface area contributed by atoms with Crippen molar-refractivity contribution in [1.29, 1.82) is 0 Å². The summed E-state index contributed by atoms with van der Waals surface area (Å²) < 4.78 is 5.56. The molecule has 1 aromatic rings. The first kappa shape index (κ1) is 10.1. The fourth-order valence-electron chi connectivity index (χ4n) is 1.24. The molecule has 13 heavy (non-hydrogen) atoms. The summed E-state index contributed by atoms with van der Waals surface area (Å²) in [7, 11) is 0. The van der Waals surface area contributed by atoms with Gasteiger partial charge >= 0.3 is 0 Å². The van der Waals surface area contributed by atoms with Crippen LogP contribution in [-0.2, 0) is 6.61 Å². The van der Waals surface area contributed by atoms with Gasteiger partial charge in [0.2, 0.25) is 0 Å². The van der Waals surface area contributed by atoms with E-state index in [1.54, 1.807) is 0 Å². The molecule has 0 unspecified atom stereocenters. The standard InChI is InChI=1S/C11H16O2/c1-8(2)13-11-6-4-5-9(3)10(11)7-12/h4-6,8,12H,7H2,1-3H3. The fraction of sp³-hybridized carbons (Fsp3) is 0.455. The van der Waals surface area contributed by atoms with Crippen molar-refractivity contribution in [3.05, 3.63) is 29.3 Å². The minimum absolute atomic E-state index is 0.0364. The van der Waals surface area contributed by atoms with Crippen LogP contribution in [0.25, 0.3) is 0 Å². The van der Waals surface area contributed by atoms with E-state index >= 15 is 0 Å². The Kier molecular flexibility index (Phi) is 3.32. The van der Waals surface area contributed by atoms with Gasteiger partial charge in [0.05, 0.1) is 12.7 Å². The van der Waals surface area contributed by atoms with E-state index in [1.165, 1.54) is 0 Å². The highest BCUT2D eigenvalue weighted by atomic mass is 16.5. The molecule has 0 radical (unpaired) electrons. The van der Waals surface area contributed by atoms with Crippen LogP contribution < -0.4 is 4.74 Å². The van der Waals surface area contributed by atoms with Crippen LogP contribution in [0.4, 0.5) is 0 Å². The van der Waals surface area contributed by atoms with Crippen molar-refractivity contribution in [2.75, 3.05) is 0 Å². The van der Waals surface area contributed by atoms with Gasteiger partial charge in [0.1, 0.15) is 5.75 Å². The summed E-state index contributed by atoms with van der Waals surface area (Å²) in [5.41, 5.74) is 1.96. The van der Waals surface area contributed by atoms with Crippen LogP contribution >= 0.6 is 0 Å². The number of aryl methyl sites for hydroxylation is 1. The van der Waals surface area contributed by atoms with Gasteiger partial charge in [-0.05, 0) is 32.4 Å². The first-order chi connectivity index (χ1) is 6.15. The summed E-state index contributed by atoms with van der Waals surface area (Å²) in [6, 6.07) is 5.80. The largest absolute Gasteiger partial charge is 0.491 e. The molecule has 0 aliphatic carbocycles. The summed E-state index contributed by atoms with van der Waals surface area (Å²) in [6.07, 6.45) is 0.145. The predicted molar refractivity (Wildman–Crippen MR) is 52.9 cm³/mol. The van der Waals surface area contributed by atoms with Crippen molar-refractivity contribution in [1.82, 2.24) is 0 Å². The smallest absolute Gasteiger partial charge is 0.125 e. The number of benzene rings is 1. The third-order valence-corrected chi connectivity index (χ3v) is 1.89. The molecule has 0 spiro atoms. The van der Waals surface area contributed by atoms with Gasteiger partial charge in [0.25, 0.3) is 0 Å². The second-order valence-electron chi connectivity index (χ2n) is 3.38. The molecule has 0 amide bonds. The van der Waals surface area contributed by atoms with Crippen molar-refractivity contribution >= 4 is 0 Å². The van der Waals surface area contributed by atoms with Gasteiger partial charge in [-0.2, -0.15) is 0 Å². The Morgan fingerprint density at radius 2 is 2.08 bits per heavy atom. The van der Waals surface area contributed by atoms with Gasteiger partial charge in [-0.1, -0.05) is 12.1 Å². The molecule has 0 aromatic heterocycles. The highest BCUT2D eigenvalue weighted by Crippen LogP contribution is 2.22. The van der Waals surface area contributed by atoms with E-state index in [0.717, 1.165) is 16.9 Å². The minimum Gasteiger partial charge on any atom is -0.491 e. The zero-order chi connectivity index (χ0) is 9.84. The summed E-state index contributed by atoms with van der Waals surface area (Å²) >= 11 is 0. The normalized spacial score (nSPS) is 10.5. The van der Waals surface area contributed by atoms with Gasteiger partial charge < -0.3 is 9.84 Å². The number of hydrogen-bond acceptors (Lipinski definition) is 2. The lowest BCUT2D eigenvalue weighted by Crippen LogP contribution is -2.08. The van der Waals surface area contributed by atoms with Crippen molar-refractivity contribution in [3.8, 4) is 5.75 Å². The number of aliphatic hydroxyl groups excluding tert-OH is 1. The summed E-state index contributed by atoms with van der Waals surface area (Å²) in [5, 5.41) is 9.13. The van der Waals surface area contributed by atoms with E-state index in [-0.39, 0.29) is 12.7 Å². The Labute approximate surface area is 79.2 Å². The third kappa shape index (κ3) is 2.46. The number of aliphatic hydroxyl groups is 1. The first-order valence-corrected chi connectivity index (χ1v) is 4.51. The highest BCUT2D eigenvalue weighted by Gasteiger charge is 2.06. The van der Waals surface area contributed by atoms with Crippen LogP contribution in [0.5, 0.6) is 5.75 Å². The van der Waals surface area contributed by atoms with Gasteiger partial charge in [-0.15, -0.1) is 0 Å². The average Bonchev–Trinajstić information content (AvgIpc) is 2.03. The Morgan fingerprint density at radius 3 is 2.62 bits per heavy atom. The average molecular weight is 180 g/mol. The first-order valence-electron chi connectivity index (χ1n) is 4.51. The second-order valence-corrected chi connectivity index (χ2v) is 3.38. The molecular weight excluding hydrogens is 164 g/mol. The topological polar surface area (TPSA) is 29.5 Å². The predicted octanol–water partition coefficient (Wildman–Crippen LogP) is 2.27. The molecule has 1 aromatic carbocycles. The molecular formula is C11H16O2. The van der Waals surface area contributed by atoms with E-state index < -0.39 is 0 Å².